The lowest BCUT2D eigenvalue weighted by Crippen LogP contribution is -2.61. The number of carbonyl (C=O) groups excluding carboxylic acids is 1. The molecule has 1 saturated heterocycles. The zero-order valence-corrected chi connectivity index (χ0v) is 19.4. The van der Waals surface area contributed by atoms with E-state index < -0.39 is 17.7 Å². The summed E-state index contributed by atoms with van der Waals surface area (Å²) in [5, 5.41) is 2.97. The first-order valence-electron chi connectivity index (χ1n) is 11.5. The molecule has 0 radical (unpaired) electrons. The third-order valence-corrected chi connectivity index (χ3v) is 6.64. The fourth-order valence-corrected chi connectivity index (χ4v) is 4.88. The predicted molar refractivity (Wildman–Crippen MR) is 123 cm³/mol. The van der Waals surface area contributed by atoms with Crippen molar-refractivity contribution in [3.63, 3.8) is 0 Å². The SMILES string of the molecule is CN(C)CCNC(=O)[C@@H]1Cc2cc(C(F)(F)F)ccc2N2CCN(Cc3ccc(F)cc3)C[C@@H]12. The molecular weight excluding hydrogens is 448 g/mol. The van der Waals surface area contributed by atoms with E-state index in [0.717, 1.165) is 17.3 Å². The van der Waals surface area contributed by atoms with E-state index in [2.05, 4.69) is 15.1 Å². The van der Waals surface area contributed by atoms with Crippen LogP contribution in [0.15, 0.2) is 42.5 Å². The first kappa shape index (κ1) is 24.5. The number of alkyl halides is 3. The van der Waals surface area contributed by atoms with Gasteiger partial charge in [-0.3, -0.25) is 9.69 Å². The Balaban J connectivity index is 1.58. The standard InChI is InChI=1S/C25H30F4N4O/c1-31(2)10-9-30-24(34)21-14-18-13-19(25(27,28)29)5-8-22(18)33-12-11-32(16-23(21)33)15-17-3-6-20(26)7-4-17/h3-8,13,21,23H,9-12,14-16H2,1-2H3,(H,30,34)/t21-,23+/m1/s1. The van der Waals surface area contributed by atoms with Gasteiger partial charge in [0.1, 0.15) is 5.82 Å². The molecule has 0 bridgehead atoms. The highest BCUT2D eigenvalue weighted by Gasteiger charge is 2.42. The first-order valence-corrected chi connectivity index (χ1v) is 11.5. The molecule has 0 saturated carbocycles. The van der Waals surface area contributed by atoms with Crippen LogP contribution in [0.4, 0.5) is 23.2 Å². The van der Waals surface area contributed by atoms with Crippen molar-refractivity contribution in [2.75, 3.05) is 51.7 Å². The largest absolute Gasteiger partial charge is 0.416 e. The van der Waals surface area contributed by atoms with Crippen LogP contribution in [-0.4, -0.2) is 68.6 Å². The molecule has 9 heteroatoms. The molecule has 34 heavy (non-hydrogen) atoms. The molecule has 1 N–H and O–H groups in total. The van der Waals surface area contributed by atoms with E-state index in [1.165, 1.54) is 18.2 Å². The molecule has 0 unspecified atom stereocenters. The third-order valence-electron chi connectivity index (χ3n) is 6.64. The van der Waals surface area contributed by atoms with Crippen molar-refractivity contribution < 1.29 is 22.4 Å². The van der Waals surface area contributed by atoms with Gasteiger partial charge in [0.2, 0.25) is 5.91 Å². The van der Waals surface area contributed by atoms with Crippen LogP contribution in [0.5, 0.6) is 0 Å². The summed E-state index contributed by atoms with van der Waals surface area (Å²) >= 11 is 0. The quantitative estimate of drug-likeness (QED) is 0.647. The highest BCUT2D eigenvalue weighted by atomic mass is 19.4. The average molecular weight is 479 g/mol. The zero-order valence-electron chi connectivity index (χ0n) is 19.4. The number of anilines is 1. The highest BCUT2D eigenvalue weighted by Crippen LogP contribution is 2.39. The maximum atomic E-state index is 13.3. The Morgan fingerprint density at radius 3 is 2.53 bits per heavy atom. The second-order valence-corrected chi connectivity index (χ2v) is 9.37. The summed E-state index contributed by atoms with van der Waals surface area (Å²) in [6.45, 7) is 3.68. The summed E-state index contributed by atoms with van der Waals surface area (Å²) in [7, 11) is 3.83. The van der Waals surface area contributed by atoms with Crippen molar-refractivity contribution >= 4 is 11.6 Å². The van der Waals surface area contributed by atoms with E-state index >= 15 is 0 Å². The topological polar surface area (TPSA) is 38.8 Å². The number of nitrogens with one attached hydrogen (secondary N) is 1. The van der Waals surface area contributed by atoms with Gasteiger partial charge in [-0.2, -0.15) is 13.2 Å². The molecule has 1 fully saturated rings. The number of piperazine rings is 1. The smallest absolute Gasteiger partial charge is 0.365 e. The van der Waals surface area contributed by atoms with Crippen LogP contribution in [0.1, 0.15) is 16.7 Å². The summed E-state index contributed by atoms with van der Waals surface area (Å²) in [5.74, 6) is -0.886. The van der Waals surface area contributed by atoms with Gasteiger partial charge in [0.15, 0.2) is 0 Å². The normalized spacial score (nSPS) is 20.7. The van der Waals surface area contributed by atoms with Crippen LogP contribution in [0, 0.1) is 11.7 Å². The number of amides is 1. The van der Waals surface area contributed by atoms with Crippen LogP contribution in [0.2, 0.25) is 0 Å². The van der Waals surface area contributed by atoms with Gasteiger partial charge in [0.05, 0.1) is 17.5 Å². The van der Waals surface area contributed by atoms with Gasteiger partial charge >= 0.3 is 6.18 Å². The number of hydrogen-bond donors (Lipinski definition) is 1. The average Bonchev–Trinajstić information content (AvgIpc) is 2.78. The molecule has 2 aliphatic heterocycles. The maximum Gasteiger partial charge on any atom is 0.416 e. The van der Waals surface area contributed by atoms with Gasteiger partial charge in [0.25, 0.3) is 0 Å². The van der Waals surface area contributed by atoms with Crippen LogP contribution >= 0.6 is 0 Å². The van der Waals surface area contributed by atoms with E-state index in [1.807, 2.05) is 19.0 Å². The van der Waals surface area contributed by atoms with E-state index in [-0.39, 0.29) is 24.2 Å². The molecule has 2 atom stereocenters. The first-order chi connectivity index (χ1) is 16.1. The predicted octanol–water partition coefficient (Wildman–Crippen LogP) is 3.39. The minimum Gasteiger partial charge on any atom is -0.365 e. The molecule has 5 nitrogen and oxygen atoms in total. The Bertz CT molecular complexity index is 1010. The molecule has 1 amide bonds. The number of carbonyl (C=O) groups is 1. The Morgan fingerprint density at radius 1 is 1.12 bits per heavy atom. The maximum absolute atomic E-state index is 13.3. The number of nitrogens with zero attached hydrogens (tertiary/aromatic N) is 3. The molecule has 0 aliphatic carbocycles. The number of benzene rings is 2. The molecule has 184 valence electrons. The van der Waals surface area contributed by atoms with Crippen molar-refractivity contribution in [1.82, 2.24) is 15.1 Å². The number of likely N-dealkylation sites (N-methyl/N-ethyl adjacent to an activating group) is 1. The second kappa shape index (κ2) is 9.92. The lowest BCUT2D eigenvalue weighted by Gasteiger charge is -2.49. The molecule has 2 heterocycles. The van der Waals surface area contributed by atoms with Gasteiger partial charge in [-0.15, -0.1) is 0 Å². The molecule has 0 aromatic heterocycles. The van der Waals surface area contributed by atoms with E-state index in [9.17, 15) is 22.4 Å². The Hall–Kier alpha value is -2.65. The number of rotatable bonds is 6. The summed E-state index contributed by atoms with van der Waals surface area (Å²) < 4.78 is 53.3. The molecule has 2 aromatic carbocycles. The van der Waals surface area contributed by atoms with E-state index in [4.69, 9.17) is 0 Å². The summed E-state index contributed by atoms with van der Waals surface area (Å²) in [6, 6.07) is 10.1. The number of fused-ring (bicyclic) bond motifs is 3. The fraction of sp³-hybridized carbons (Fsp3) is 0.480. The molecule has 2 aromatic rings. The van der Waals surface area contributed by atoms with Crippen molar-refractivity contribution in [3.05, 3.63) is 65.0 Å². The van der Waals surface area contributed by atoms with Gasteiger partial charge < -0.3 is 15.1 Å². The number of halogens is 4. The summed E-state index contributed by atoms with van der Waals surface area (Å²) in [5.41, 5.74) is 1.63. The van der Waals surface area contributed by atoms with Crippen molar-refractivity contribution in [2.24, 2.45) is 5.92 Å². The minimum atomic E-state index is -4.43. The Kier molecular flexibility index (Phi) is 7.14. The lowest BCUT2D eigenvalue weighted by molar-refractivity contribution is -0.137. The zero-order chi connectivity index (χ0) is 24.5. The highest BCUT2D eigenvalue weighted by molar-refractivity contribution is 5.82. The van der Waals surface area contributed by atoms with Crippen molar-refractivity contribution in [3.8, 4) is 0 Å². The van der Waals surface area contributed by atoms with E-state index in [1.54, 1.807) is 18.2 Å². The number of hydrogen-bond acceptors (Lipinski definition) is 4. The minimum absolute atomic E-state index is 0.136. The second-order valence-electron chi connectivity index (χ2n) is 9.37. The van der Waals surface area contributed by atoms with Crippen molar-refractivity contribution in [1.29, 1.82) is 0 Å². The molecular formula is C25H30F4N4O. The molecule has 4 rings (SSSR count). The summed E-state index contributed by atoms with van der Waals surface area (Å²) in [4.78, 5) is 19.5. The van der Waals surface area contributed by atoms with Gasteiger partial charge in [0, 0.05) is 45.0 Å². The fourth-order valence-electron chi connectivity index (χ4n) is 4.88. The van der Waals surface area contributed by atoms with Crippen LogP contribution in [0.25, 0.3) is 0 Å². The van der Waals surface area contributed by atoms with Gasteiger partial charge in [-0.1, -0.05) is 12.1 Å². The Labute approximate surface area is 197 Å². The third kappa shape index (κ3) is 5.52. The van der Waals surface area contributed by atoms with Crippen LogP contribution in [0.3, 0.4) is 0 Å². The summed E-state index contributed by atoms with van der Waals surface area (Å²) in [6.07, 6.45) is -4.16. The van der Waals surface area contributed by atoms with E-state index in [0.29, 0.717) is 44.8 Å². The van der Waals surface area contributed by atoms with Crippen LogP contribution in [-0.2, 0) is 23.9 Å². The molecule has 2 aliphatic rings. The van der Waals surface area contributed by atoms with Gasteiger partial charge in [-0.05, 0) is 62.0 Å². The van der Waals surface area contributed by atoms with Gasteiger partial charge in [-0.25, -0.2) is 4.39 Å². The van der Waals surface area contributed by atoms with Crippen molar-refractivity contribution in [2.45, 2.75) is 25.2 Å². The monoisotopic (exact) mass is 478 g/mol. The van der Waals surface area contributed by atoms with Crippen LogP contribution < -0.4 is 10.2 Å². The molecule has 0 spiro atoms. The lowest BCUT2D eigenvalue weighted by atomic mass is 9.82. The Morgan fingerprint density at radius 2 is 1.85 bits per heavy atom.